The first kappa shape index (κ1) is 21.3. The molecule has 2 fully saturated rings. The summed E-state index contributed by atoms with van der Waals surface area (Å²) in [6.07, 6.45) is 6.89. The van der Waals surface area contributed by atoms with Crippen LogP contribution in [-0.4, -0.2) is 55.9 Å². The highest BCUT2D eigenvalue weighted by Gasteiger charge is 2.32. The van der Waals surface area contributed by atoms with E-state index in [2.05, 4.69) is 51.4 Å². The summed E-state index contributed by atoms with van der Waals surface area (Å²) in [6.45, 7) is 7.43. The summed E-state index contributed by atoms with van der Waals surface area (Å²) in [6, 6.07) is 5.98. The quantitative estimate of drug-likeness (QED) is 0.660. The minimum absolute atomic E-state index is 0.0663. The third kappa shape index (κ3) is 4.21. The number of fused-ring (bicyclic) bond motifs is 1. The maximum absolute atomic E-state index is 13.4. The number of nitrogens with one attached hydrogen (secondary N) is 1. The fourth-order valence-corrected chi connectivity index (χ4v) is 5.26. The van der Waals surface area contributed by atoms with Crippen molar-refractivity contribution in [3.63, 3.8) is 0 Å². The van der Waals surface area contributed by atoms with Crippen molar-refractivity contribution in [2.45, 2.75) is 71.1 Å². The minimum Gasteiger partial charge on any atom is -0.376 e. The molecule has 8 heteroatoms. The van der Waals surface area contributed by atoms with Crippen LogP contribution in [0.5, 0.6) is 0 Å². The zero-order valence-corrected chi connectivity index (χ0v) is 19.0. The summed E-state index contributed by atoms with van der Waals surface area (Å²) in [5.41, 5.74) is 3.83. The van der Waals surface area contributed by atoms with Crippen LogP contribution in [0.2, 0.25) is 0 Å². The molecule has 2 aromatic heterocycles. The lowest BCUT2D eigenvalue weighted by Gasteiger charge is -2.30. The Bertz CT molecular complexity index is 1140. The second kappa shape index (κ2) is 9.11. The van der Waals surface area contributed by atoms with Crippen molar-refractivity contribution in [2.24, 2.45) is 0 Å². The number of tetrazole rings is 1. The van der Waals surface area contributed by atoms with Gasteiger partial charge in [-0.15, -0.1) is 5.10 Å². The first-order valence-corrected chi connectivity index (χ1v) is 11.9. The van der Waals surface area contributed by atoms with Crippen LogP contribution in [-0.2, 0) is 11.3 Å². The molecule has 3 aromatic rings. The van der Waals surface area contributed by atoms with Gasteiger partial charge in [-0.3, -0.25) is 9.69 Å². The number of H-pyrrole nitrogens is 1. The van der Waals surface area contributed by atoms with E-state index >= 15 is 0 Å². The van der Waals surface area contributed by atoms with Gasteiger partial charge in [0.15, 0.2) is 5.82 Å². The number of nitrogens with zero attached hydrogens (tertiary/aromatic N) is 5. The van der Waals surface area contributed by atoms with Gasteiger partial charge < -0.3 is 9.72 Å². The average Bonchev–Trinajstić information content (AvgIpc) is 3.36. The summed E-state index contributed by atoms with van der Waals surface area (Å²) < 4.78 is 7.70. The Hall–Kier alpha value is -2.58. The third-order valence-electron chi connectivity index (χ3n) is 6.85. The van der Waals surface area contributed by atoms with Gasteiger partial charge in [0.05, 0.1) is 12.6 Å². The second-order valence-electron chi connectivity index (χ2n) is 9.30. The normalized spacial score (nSPS) is 21.1. The van der Waals surface area contributed by atoms with E-state index in [9.17, 15) is 4.79 Å². The maximum atomic E-state index is 13.4. The first-order chi connectivity index (χ1) is 15.6. The number of rotatable bonds is 5. The van der Waals surface area contributed by atoms with Gasteiger partial charge in [-0.2, -0.15) is 0 Å². The van der Waals surface area contributed by atoms with Gasteiger partial charge >= 0.3 is 0 Å². The topological polar surface area (TPSA) is 88.9 Å². The summed E-state index contributed by atoms with van der Waals surface area (Å²) in [7, 11) is 0. The molecule has 1 N–H and O–H groups in total. The van der Waals surface area contributed by atoms with Crippen molar-refractivity contribution in [1.82, 2.24) is 30.1 Å². The molecule has 32 heavy (non-hydrogen) atoms. The number of hydrogen-bond acceptors (Lipinski definition) is 6. The van der Waals surface area contributed by atoms with E-state index < -0.39 is 0 Å². The Morgan fingerprint density at radius 1 is 1.12 bits per heavy atom. The van der Waals surface area contributed by atoms with Crippen LogP contribution >= 0.6 is 0 Å². The largest absolute Gasteiger partial charge is 0.376 e. The third-order valence-corrected chi connectivity index (χ3v) is 6.85. The molecule has 5 rings (SSSR count). The van der Waals surface area contributed by atoms with E-state index in [1.807, 2.05) is 10.7 Å². The Morgan fingerprint density at radius 2 is 1.94 bits per heavy atom. The highest BCUT2D eigenvalue weighted by atomic mass is 16.5. The summed E-state index contributed by atoms with van der Waals surface area (Å²) in [5, 5.41) is 13.8. The number of aromatic nitrogens is 5. The molecule has 0 bridgehead atoms. The molecular weight excluding hydrogens is 404 g/mol. The van der Waals surface area contributed by atoms with Crippen molar-refractivity contribution in [2.75, 3.05) is 19.7 Å². The predicted molar refractivity (Wildman–Crippen MR) is 123 cm³/mol. The van der Waals surface area contributed by atoms with E-state index in [0.717, 1.165) is 78.8 Å². The number of likely N-dealkylation sites (tertiary alicyclic amines) is 1. The Morgan fingerprint density at radius 3 is 2.69 bits per heavy atom. The smallest absolute Gasteiger partial charge is 0.253 e. The van der Waals surface area contributed by atoms with Crippen LogP contribution in [0.25, 0.3) is 10.9 Å². The van der Waals surface area contributed by atoms with Crippen molar-refractivity contribution >= 4 is 10.9 Å². The Labute approximate surface area is 188 Å². The van der Waals surface area contributed by atoms with Crippen LogP contribution in [0.1, 0.15) is 67.1 Å². The summed E-state index contributed by atoms with van der Waals surface area (Å²) in [4.78, 5) is 18.9. The van der Waals surface area contributed by atoms with Crippen molar-refractivity contribution < 1.29 is 4.74 Å². The Balaban J connectivity index is 1.62. The molecular formula is C24H32N6O2. The van der Waals surface area contributed by atoms with Crippen molar-refractivity contribution in [3.05, 3.63) is 51.1 Å². The van der Waals surface area contributed by atoms with Gasteiger partial charge in [0, 0.05) is 23.1 Å². The molecule has 2 aliphatic rings. The van der Waals surface area contributed by atoms with Gasteiger partial charge in [0.1, 0.15) is 6.04 Å². The average molecular weight is 437 g/mol. The second-order valence-corrected chi connectivity index (χ2v) is 9.30. The summed E-state index contributed by atoms with van der Waals surface area (Å²) >= 11 is 0. The zero-order chi connectivity index (χ0) is 22.1. The van der Waals surface area contributed by atoms with Gasteiger partial charge in [-0.05, 0) is 86.3 Å². The fraction of sp³-hybridized carbons (Fsp3) is 0.583. The molecule has 170 valence electrons. The number of ether oxygens (including phenoxy) is 1. The van der Waals surface area contributed by atoms with Crippen LogP contribution < -0.4 is 5.56 Å². The number of benzene rings is 1. The van der Waals surface area contributed by atoms with Gasteiger partial charge in [0.2, 0.25) is 0 Å². The van der Waals surface area contributed by atoms with Crippen LogP contribution in [0.3, 0.4) is 0 Å². The molecule has 2 aliphatic heterocycles. The fourth-order valence-electron chi connectivity index (χ4n) is 5.26. The predicted octanol–water partition coefficient (Wildman–Crippen LogP) is 3.28. The zero-order valence-electron chi connectivity index (χ0n) is 19.0. The first-order valence-electron chi connectivity index (χ1n) is 11.9. The van der Waals surface area contributed by atoms with E-state index in [4.69, 9.17) is 4.74 Å². The molecule has 2 saturated heterocycles. The molecule has 0 aliphatic carbocycles. The molecule has 0 unspecified atom stereocenters. The van der Waals surface area contributed by atoms with Gasteiger partial charge in [-0.1, -0.05) is 18.9 Å². The molecule has 2 atom stereocenters. The maximum Gasteiger partial charge on any atom is 0.253 e. The van der Waals surface area contributed by atoms with E-state index in [1.54, 1.807) is 0 Å². The molecule has 0 spiro atoms. The van der Waals surface area contributed by atoms with Crippen molar-refractivity contribution in [1.29, 1.82) is 0 Å². The lowest BCUT2D eigenvalue weighted by Crippen LogP contribution is -2.36. The molecule has 0 radical (unpaired) electrons. The van der Waals surface area contributed by atoms with Gasteiger partial charge in [0.25, 0.3) is 5.56 Å². The number of hydrogen-bond donors (Lipinski definition) is 1. The molecule has 8 nitrogen and oxygen atoms in total. The van der Waals surface area contributed by atoms with Crippen molar-refractivity contribution in [3.8, 4) is 0 Å². The van der Waals surface area contributed by atoms with E-state index in [1.165, 1.54) is 12.8 Å². The van der Waals surface area contributed by atoms with Crippen LogP contribution in [0.4, 0.5) is 0 Å². The SMILES string of the molecule is Cc1cc(C)c2cc([C@@H](c3nnnn3C[C@H]3CCCO3)N3CCCCCC3)c(=O)[nH]c2c1. The highest BCUT2D eigenvalue weighted by Crippen LogP contribution is 2.30. The minimum atomic E-state index is -0.279. The van der Waals surface area contributed by atoms with Crippen LogP contribution in [0, 0.1) is 13.8 Å². The molecule has 0 amide bonds. The van der Waals surface area contributed by atoms with E-state index in [0.29, 0.717) is 6.54 Å². The Kier molecular flexibility index (Phi) is 6.06. The number of aryl methyl sites for hydroxylation is 2. The molecule has 4 heterocycles. The standard InChI is InChI=1S/C24H32N6O2/c1-16-12-17(2)19-14-20(24(31)25-21(19)13-16)22(29-9-5-3-4-6-10-29)23-26-27-28-30(23)15-18-8-7-11-32-18/h12-14,18,22H,3-11,15H2,1-2H3,(H,25,31)/t18-,22+/m1/s1. The lowest BCUT2D eigenvalue weighted by atomic mass is 9.99. The highest BCUT2D eigenvalue weighted by molar-refractivity contribution is 5.83. The molecule has 1 aromatic carbocycles. The monoisotopic (exact) mass is 436 g/mol. The molecule has 0 saturated carbocycles. The lowest BCUT2D eigenvalue weighted by molar-refractivity contribution is 0.0909. The van der Waals surface area contributed by atoms with Gasteiger partial charge in [-0.25, -0.2) is 4.68 Å². The number of aromatic amines is 1. The van der Waals surface area contributed by atoms with Crippen LogP contribution in [0.15, 0.2) is 23.0 Å². The van der Waals surface area contributed by atoms with E-state index in [-0.39, 0.29) is 17.7 Å². The number of pyridine rings is 1. The summed E-state index contributed by atoms with van der Waals surface area (Å²) in [5.74, 6) is 0.733.